The second kappa shape index (κ2) is 4.23. The van der Waals surface area contributed by atoms with E-state index in [4.69, 9.17) is 0 Å². The third kappa shape index (κ3) is 2.47. The lowest BCUT2D eigenvalue weighted by molar-refractivity contribution is -0.122. The van der Waals surface area contributed by atoms with Crippen LogP contribution in [0.5, 0.6) is 0 Å². The van der Waals surface area contributed by atoms with Gasteiger partial charge in [0.05, 0.1) is 0 Å². The standard InChI is InChI=1S/C14H21NO/c16-13(9-10-3-1-2-4-10)15-14(11-5-6-11)12-7-8-12/h1,3,10-12,14H,2,4-9H2,(H,15,16)/t10-/m0/s1. The number of hydrogen-bond donors (Lipinski definition) is 1. The molecule has 0 aromatic heterocycles. The van der Waals surface area contributed by atoms with Crippen LogP contribution in [0.15, 0.2) is 12.2 Å². The molecule has 1 N–H and O–H groups in total. The molecule has 0 aromatic rings. The van der Waals surface area contributed by atoms with Crippen molar-refractivity contribution in [1.82, 2.24) is 5.32 Å². The van der Waals surface area contributed by atoms with Gasteiger partial charge in [0.15, 0.2) is 0 Å². The van der Waals surface area contributed by atoms with Gasteiger partial charge in [-0.3, -0.25) is 4.79 Å². The van der Waals surface area contributed by atoms with Crippen molar-refractivity contribution in [2.75, 3.05) is 0 Å². The predicted molar refractivity (Wildman–Crippen MR) is 63.9 cm³/mol. The molecule has 0 heterocycles. The summed E-state index contributed by atoms with van der Waals surface area (Å²) in [6, 6.07) is 0.526. The van der Waals surface area contributed by atoms with Crippen molar-refractivity contribution >= 4 is 5.91 Å². The molecule has 2 fully saturated rings. The van der Waals surface area contributed by atoms with Gasteiger partial charge in [-0.2, -0.15) is 0 Å². The Morgan fingerprint density at radius 1 is 1.19 bits per heavy atom. The quantitative estimate of drug-likeness (QED) is 0.708. The zero-order valence-corrected chi connectivity index (χ0v) is 9.82. The Morgan fingerprint density at radius 3 is 2.38 bits per heavy atom. The lowest BCUT2D eigenvalue weighted by Crippen LogP contribution is -2.38. The zero-order chi connectivity index (χ0) is 11.0. The molecule has 0 spiro atoms. The SMILES string of the molecule is O=C(C[C@H]1C=CCC1)NC(C1CC1)C1CC1. The maximum atomic E-state index is 11.9. The third-order valence-corrected chi connectivity index (χ3v) is 4.15. The number of amides is 1. The first-order chi connectivity index (χ1) is 7.83. The van der Waals surface area contributed by atoms with Crippen LogP contribution < -0.4 is 5.32 Å². The number of nitrogens with one attached hydrogen (secondary N) is 1. The van der Waals surface area contributed by atoms with E-state index in [9.17, 15) is 4.79 Å². The lowest BCUT2D eigenvalue weighted by atomic mass is 10.0. The van der Waals surface area contributed by atoms with Crippen LogP contribution in [-0.2, 0) is 4.79 Å². The highest BCUT2D eigenvalue weighted by atomic mass is 16.1. The van der Waals surface area contributed by atoms with Gasteiger partial charge >= 0.3 is 0 Å². The fourth-order valence-electron chi connectivity index (χ4n) is 2.88. The molecule has 2 nitrogen and oxygen atoms in total. The summed E-state index contributed by atoms with van der Waals surface area (Å²) in [5.41, 5.74) is 0. The number of carbonyl (C=O) groups excluding carboxylic acids is 1. The molecule has 0 unspecified atom stereocenters. The average Bonchev–Trinajstić information content (AvgIpc) is 3.17. The van der Waals surface area contributed by atoms with E-state index in [2.05, 4.69) is 17.5 Å². The van der Waals surface area contributed by atoms with E-state index in [0.717, 1.165) is 18.3 Å². The molecule has 2 heteroatoms. The highest BCUT2D eigenvalue weighted by molar-refractivity contribution is 5.77. The Bertz CT molecular complexity index is 290. The van der Waals surface area contributed by atoms with Crippen LogP contribution in [0.25, 0.3) is 0 Å². The van der Waals surface area contributed by atoms with E-state index < -0.39 is 0 Å². The molecule has 0 aromatic carbocycles. The van der Waals surface area contributed by atoms with Gasteiger partial charge in [0, 0.05) is 12.5 Å². The molecule has 3 rings (SSSR count). The molecule has 1 amide bonds. The maximum absolute atomic E-state index is 11.9. The van der Waals surface area contributed by atoms with E-state index in [1.165, 1.54) is 32.1 Å². The molecule has 1 atom stereocenters. The van der Waals surface area contributed by atoms with Gasteiger partial charge in [-0.1, -0.05) is 12.2 Å². The minimum absolute atomic E-state index is 0.292. The van der Waals surface area contributed by atoms with E-state index in [0.29, 0.717) is 24.3 Å². The van der Waals surface area contributed by atoms with E-state index in [1.54, 1.807) is 0 Å². The van der Waals surface area contributed by atoms with Crippen molar-refractivity contribution in [3.63, 3.8) is 0 Å². The van der Waals surface area contributed by atoms with Gasteiger partial charge in [-0.05, 0) is 56.3 Å². The first kappa shape index (κ1) is 10.4. The topological polar surface area (TPSA) is 29.1 Å². The molecule has 0 saturated heterocycles. The van der Waals surface area contributed by atoms with E-state index >= 15 is 0 Å². The molecule has 0 bridgehead atoms. The predicted octanol–water partition coefficient (Wildman–Crippen LogP) is 2.65. The van der Waals surface area contributed by atoms with Gasteiger partial charge < -0.3 is 5.32 Å². The number of allylic oxidation sites excluding steroid dienone is 2. The van der Waals surface area contributed by atoms with Crippen molar-refractivity contribution in [1.29, 1.82) is 0 Å². The fourth-order valence-corrected chi connectivity index (χ4v) is 2.88. The molecule has 3 aliphatic carbocycles. The van der Waals surface area contributed by atoms with Gasteiger partial charge in [0.25, 0.3) is 0 Å². The molecule has 2 saturated carbocycles. The smallest absolute Gasteiger partial charge is 0.220 e. The maximum Gasteiger partial charge on any atom is 0.220 e. The van der Waals surface area contributed by atoms with Crippen LogP contribution in [0.1, 0.15) is 44.9 Å². The number of rotatable bonds is 5. The second-order valence-corrected chi connectivity index (χ2v) is 5.74. The molecule has 0 radical (unpaired) electrons. The highest BCUT2D eigenvalue weighted by Gasteiger charge is 2.42. The van der Waals surface area contributed by atoms with Gasteiger partial charge in [-0.25, -0.2) is 0 Å². The molecule has 88 valence electrons. The first-order valence-electron chi connectivity index (χ1n) is 6.79. The summed E-state index contributed by atoms with van der Waals surface area (Å²) >= 11 is 0. The van der Waals surface area contributed by atoms with Crippen LogP contribution >= 0.6 is 0 Å². The van der Waals surface area contributed by atoms with Crippen molar-refractivity contribution in [3.8, 4) is 0 Å². The summed E-state index contributed by atoms with van der Waals surface area (Å²) in [4.78, 5) is 11.9. The number of hydrogen-bond acceptors (Lipinski definition) is 1. The largest absolute Gasteiger partial charge is 0.353 e. The van der Waals surface area contributed by atoms with Crippen LogP contribution in [0, 0.1) is 17.8 Å². The molecule has 0 aliphatic heterocycles. The zero-order valence-electron chi connectivity index (χ0n) is 9.82. The third-order valence-electron chi connectivity index (χ3n) is 4.15. The van der Waals surface area contributed by atoms with Gasteiger partial charge in [0.2, 0.25) is 5.91 Å². The molecular formula is C14H21NO. The molecule has 16 heavy (non-hydrogen) atoms. The number of carbonyl (C=O) groups is 1. The van der Waals surface area contributed by atoms with Crippen LogP contribution in [0.2, 0.25) is 0 Å². The van der Waals surface area contributed by atoms with E-state index in [1.807, 2.05) is 0 Å². The summed E-state index contributed by atoms with van der Waals surface area (Å²) in [5.74, 6) is 2.44. The van der Waals surface area contributed by atoms with Gasteiger partial charge in [0.1, 0.15) is 0 Å². The second-order valence-electron chi connectivity index (χ2n) is 5.74. The summed E-state index contributed by atoms with van der Waals surface area (Å²) in [6.07, 6.45) is 12.8. The van der Waals surface area contributed by atoms with Crippen molar-refractivity contribution in [2.45, 2.75) is 51.0 Å². The summed E-state index contributed by atoms with van der Waals surface area (Å²) in [7, 11) is 0. The minimum atomic E-state index is 0.292. The molecular weight excluding hydrogens is 198 g/mol. The van der Waals surface area contributed by atoms with Crippen LogP contribution in [0.3, 0.4) is 0 Å². The van der Waals surface area contributed by atoms with Crippen molar-refractivity contribution < 1.29 is 4.79 Å². The Balaban J connectivity index is 1.48. The van der Waals surface area contributed by atoms with Crippen molar-refractivity contribution in [3.05, 3.63) is 12.2 Å². The van der Waals surface area contributed by atoms with Gasteiger partial charge in [-0.15, -0.1) is 0 Å². The summed E-state index contributed by atoms with van der Waals surface area (Å²) in [6.45, 7) is 0. The fraction of sp³-hybridized carbons (Fsp3) is 0.786. The average molecular weight is 219 g/mol. The monoisotopic (exact) mass is 219 g/mol. The Hall–Kier alpha value is -0.790. The van der Waals surface area contributed by atoms with Crippen LogP contribution in [-0.4, -0.2) is 11.9 Å². The van der Waals surface area contributed by atoms with Crippen molar-refractivity contribution in [2.24, 2.45) is 17.8 Å². The lowest BCUT2D eigenvalue weighted by Gasteiger charge is -2.18. The Kier molecular flexibility index (Phi) is 2.74. The van der Waals surface area contributed by atoms with E-state index in [-0.39, 0.29) is 0 Å². The van der Waals surface area contributed by atoms with Crippen LogP contribution in [0.4, 0.5) is 0 Å². The normalized spacial score (nSPS) is 28.7. The summed E-state index contributed by atoms with van der Waals surface area (Å²) < 4.78 is 0. The Morgan fingerprint density at radius 2 is 1.88 bits per heavy atom. The highest BCUT2D eigenvalue weighted by Crippen LogP contribution is 2.44. The molecule has 3 aliphatic rings. The minimum Gasteiger partial charge on any atom is -0.353 e. The Labute approximate surface area is 97.5 Å². The first-order valence-corrected chi connectivity index (χ1v) is 6.79. The summed E-state index contributed by atoms with van der Waals surface area (Å²) in [5, 5.41) is 3.29.